The molecule has 0 atom stereocenters. The minimum absolute atomic E-state index is 0.313. The lowest BCUT2D eigenvalue weighted by atomic mass is 10.0. The molecular formula is C29H29NO7. The molecule has 0 aliphatic carbocycles. The van der Waals surface area contributed by atoms with E-state index in [2.05, 4.69) is 5.32 Å². The fourth-order valence-electron chi connectivity index (χ4n) is 3.95. The van der Waals surface area contributed by atoms with E-state index >= 15 is 0 Å². The number of hydrogen-bond donors (Lipinski definition) is 1. The molecule has 8 nitrogen and oxygen atoms in total. The normalized spacial score (nSPS) is 10.7. The van der Waals surface area contributed by atoms with Crippen LogP contribution >= 0.6 is 0 Å². The van der Waals surface area contributed by atoms with Crippen LogP contribution in [-0.2, 0) is 0 Å². The van der Waals surface area contributed by atoms with Crippen molar-refractivity contribution in [2.24, 2.45) is 0 Å². The molecule has 192 valence electrons. The molecule has 4 aromatic rings. The van der Waals surface area contributed by atoms with Crippen LogP contribution < -0.4 is 29.9 Å². The molecule has 0 aliphatic heterocycles. The fraction of sp³-hybridized carbons (Fsp3) is 0.241. The van der Waals surface area contributed by atoms with Gasteiger partial charge in [0.05, 0.1) is 38.2 Å². The number of carbonyl (C=O) groups is 1. The van der Waals surface area contributed by atoms with Crippen molar-refractivity contribution in [2.45, 2.75) is 20.8 Å². The topological polar surface area (TPSA) is 96.2 Å². The van der Waals surface area contributed by atoms with E-state index < -0.39 is 11.5 Å². The second-order valence-corrected chi connectivity index (χ2v) is 7.96. The minimum atomic E-state index is -0.477. The van der Waals surface area contributed by atoms with Gasteiger partial charge in [0.2, 0.25) is 5.75 Å². The highest BCUT2D eigenvalue weighted by atomic mass is 16.5. The van der Waals surface area contributed by atoms with Crippen LogP contribution in [0.3, 0.4) is 0 Å². The Labute approximate surface area is 214 Å². The van der Waals surface area contributed by atoms with Gasteiger partial charge in [0, 0.05) is 10.9 Å². The van der Waals surface area contributed by atoms with Crippen molar-refractivity contribution in [3.8, 4) is 34.1 Å². The summed E-state index contributed by atoms with van der Waals surface area (Å²) in [6.45, 7) is 6.76. The largest absolute Gasteiger partial charge is 0.495 e. The first-order chi connectivity index (χ1) is 18.0. The molecule has 0 fully saturated rings. The van der Waals surface area contributed by atoms with Crippen LogP contribution in [0.5, 0.6) is 23.0 Å². The lowest BCUT2D eigenvalue weighted by molar-refractivity contribution is 0.102. The van der Waals surface area contributed by atoms with Crippen LogP contribution in [0.15, 0.2) is 69.9 Å². The maximum Gasteiger partial charge on any atom is 0.344 e. The highest BCUT2D eigenvalue weighted by Crippen LogP contribution is 2.40. The Hall–Kier alpha value is -4.46. The van der Waals surface area contributed by atoms with Crippen molar-refractivity contribution >= 4 is 22.6 Å². The molecule has 4 rings (SSSR count). The van der Waals surface area contributed by atoms with E-state index in [0.29, 0.717) is 70.8 Å². The smallest absolute Gasteiger partial charge is 0.344 e. The number of methoxy groups -OCH3 is 1. The van der Waals surface area contributed by atoms with Crippen LogP contribution in [0.4, 0.5) is 5.69 Å². The van der Waals surface area contributed by atoms with Gasteiger partial charge in [-0.2, -0.15) is 0 Å². The molecule has 0 radical (unpaired) electrons. The van der Waals surface area contributed by atoms with Crippen molar-refractivity contribution in [2.75, 3.05) is 32.2 Å². The first-order valence-corrected chi connectivity index (χ1v) is 12.1. The SMILES string of the molecule is CCOc1cc(C(=O)Nc2cc(-c3cc4ccccc4oc3=O)ccc2OC)cc(OCC)c1OCC. The number of hydrogen-bond acceptors (Lipinski definition) is 7. The van der Waals surface area contributed by atoms with Crippen LogP contribution in [-0.4, -0.2) is 32.8 Å². The molecule has 8 heteroatoms. The number of benzene rings is 3. The van der Waals surface area contributed by atoms with E-state index in [-0.39, 0.29) is 0 Å². The zero-order valence-electron chi connectivity index (χ0n) is 21.3. The van der Waals surface area contributed by atoms with Crippen molar-refractivity contribution in [3.05, 3.63) is 76.6 Å². The predicted molar refractivity (Wildman–Crippen MR) is 142 cm³/mol. The van der Waals surface area contributed by atoms with Gasteiger partial charge in [-0.1, -0.05) is 24.3 Å². The summed E-state index contributed by atoms with van der Waals surface area (Å²) in [5.41, 5.74) is 1.68. The van der Waals surface area contributed by atoms with Gasteiger partial charge < -0.3 is 28.7 Å². The summed E-state index contributed by atoms with van der Waals surface area (Å²) in [5, 5.41) is 3.68. The van der Waals surface area contributed by atoms with E-state index in [9.17, 15) is 9.59 Å². The Morgan fingerprint density at radius 3 is 2.16 bits per heavy atom. The fourth-order valence-corrected chi connectivity index (χ4v) is 3.95. The Morgan fingerprint density at radius 1 is 0.838 bits per heavy atom. The number of rotatable bonds is 10. The molecule has 1 heterocycles. The molecule has 3 aromatic carbocycles. The maximum absolute atomic E-state index is 13.4. The van der Waals surface area contributed by atoms with Crippen molar-refractivity contribution < 1.29 is 28.2 Å². The molecule has 0 unspecified atom stereocenters. The zero-order valence-corrected chi connectivity index (χ0v) is 21.3. The molecule has 1 amide bonds. The molecule has 0 saturated carbocycles. The van der Waals surface area contributed by atoms with E-state index in [1.165, 1.54) is 7.11 Å². The standard InChI is InChI=1S/C29H29NO7/c1-5-34-25-16-20(17-26(35-6-2)27(25)36-7-3)28(31)30-22-15-18(12-13-24(22)33-4)21-14-19-10-8-9-11-23(19)37-29(21)32/h8-17H,5-7H2,1-4H3,(H,30,31). The zero-order chi connectivity index (χ0) is 26.4. The van der Waals surface area contributed by atoms with Crippen LogP contribution in [0.1, 0.15) is 31.1 Å². The highest BCUT2D eigenvalue weighted by Gasteiger charge is 2.20. The molecule has 1 aromatic heterocycles. The Bertz CT molecular complexity index is 1450. The minimum Gasteiger partial charge on any atom is -0.495 e. The van der Waals surface area contributed by atoms with E-state index in [1.807, 2.05) is 32.9 Å². The molecule has 1 N–H and O–H groups in total. The number of fused-ring (bicyclic) bond motifs is 1. The van der Waals surface area contributed by atoms with Gasteiger partial charge in [0.1, 0.15) is 11.3 Å². The van der Waals surface area contributed by atoms with Gasteiger partial charge in [0.25, 0.3) is 5.91 Å². The Balaban J connectivity index is 1.72. The lowest BCUT2D eigenvalue weighted by Gasteiger charge is -2.17. The quantitative estimate of drug-likeness (QED) is 0.269. The van der Waals surface area contributed by atoms with Gasteiger partial charge in [-0.05, 0) is 62.7 Å². The van der Waals surface area contributed by atoms with E-state index in [1.54, 1.807) is 48.5 Å². The molecule has 0 bridgehead atoms. The summed E-state index contributed by atoms with van der Waals surface area (Å²) < 4.78 is 28.1. The van der Waals surface area contributed by atoms with Crippen LogP contribution in [0.2, 0.25) is 0 Å². The average Bonchev–Trinajstić information content (AvgIpc) is 2.90. The van der Waals surface area contributed by atoms with Gasteiger partial charge in [-0.25, -0.2) is 4.79 Å². The third-order valence-electron chi connectivity index (χ3n) is 5.57. The molecule has 0 saturated heterocycles. The molecule has 0 spiro atoms. The molecular weight excluding hydrogens is 474 g/mol. The summed E-state index contributed by atoms with van der Waals surface area (Å²) >= 11 is 0. The first kappa shape index (κ1) is 25.6. The monoisotopic (exact) mass is 503 g/mol. The second-order valence-electron chi connectivity index (χ2n) is 7.96. The third-order valence-corrected chi connectivity index (χ3v) is 5.57. The third kappa shape index (κ3) is 5.53. The number of ether oxygens (including phenoxy) is 4. The summed E-state index contributed by atoms with van der Waals surface area (Å²) in [5.74, 6) is 1.30. The van der Waals surface area contributed by atoms with Crippen molar-refractivity contribution in [3.63, 3.8) is 0 Å². The summed E-state index contributed by atoms with van der Waals surface area (Å²) in [6.07, 6.45) is 0. The van der Waals surface area contributed by atoms with E-state index in [0.717, 1.165) is 5.39 Å². The van der Waals surface area contributed by atoms with Gasteiger partial charge in [-0.15, -0.1) is 0 Å². The number of para-hydroxylation sites is 1. The first-order valence-electron chi connectivity index (χ1n) is 12.1. The molecule has 37 heavy (non-hydrogen) atoms. The highest BCUT2D eigenvalue weighted by molar-refractivity contribution is 6.06. The van der Waals surface area contributed by atoms with Gasteiger partial charge >= 0.3 is 5.63 Å². The molecule has 0 aliphatic rings. The van der Waals surface area contributed by atoms with Crippen molar-refractivity contribution in [1.82, 2.24) is 0 Å². The summed E-state index contributed by atoms with van der Waals surface area (Å²) in [4.78, 5) is 26.1. The second kappa shape index (κ2) is 11.5. The number of nitrogens with one attached hydrogen (secondary N) is 1. The number of amides is 1. The van der Waals surface area contributed by atoms with Crippen molar-refractivity contribution in [1.29, 1.82) is 0 Å². The number of carbonyl (C=O) groups excluding carboxylic acids is 1. The maximum atomic E-state index is 13.4. The van der Waals surface area contributed by atoms with Crippen LogP contribution in [0, 0.1) is 0 Å². The average molecular weight is 504 g/mol. The van der Waals surface area contributed by atoms with Gasteiger partial charge in [0.15, 0.2) is 11.5 Å². The summed E-state index contributed by atoms with van der Waals surface area (Å²) in [6, 6.07) is 17.4. The lowest BCUT2D eigenvalue weighted by Crippen LogP contribution is -2.14. The Morgan fingerprint density at radius 2 is 1.51 bits per heavy atom. The summed E-state index contributed by atoms with van der Waals surface area (Å²) in [7, 11) is 1.51. The van der Waals surface area contributed by atoms with Gasteiger partial charge in [-0.3, -0.25) is 4.79 Å². The van der Waals surface area contributed by atoms with Crippen LogP contribution in [0.25, 0.3) is 22.1 Å². The predicted octanol–water partition coefficient (Wildman–Crippen LogP) is 5.92. The number of anilines is 1. The Kier molecular flexibility index (Phi) is 7.98. The van der Waals surface area contributed by atoms with E-state index in [4.69, 9.17) is 23.4 Å².